The molecule has 0 unspecified atom stereocenters. The highest BCUT2D eigenvalue weighted by atomic mass is 15.3. The van der Waals surface area contributed by atoms with Crippen LogP contribution in [0.2, 0.25) is 0 Å². The van der Waals surface area contributed by atoms with E-state index in [9.17, 15) is 0 Å². The molecule has 0 bridgehead atoms. The third-order valence-corrected chi connectivity index (χ3v) is 2.90. The molecule has 19 heavy (non-hydrogen) atoms. The van der Waals surface area contributed by atoms with E-state index in [-0.39, 0.29) is 0 Å². The van der Waals surface area contributed by atoms with Crippen LogP contribution in [0.1, 0.15) is 5.56 Å². The largest absolute Gasteiger partial charge is 0.399 e. The lowest BCUT2D eigenvalue weighted by Gasteiger charge is -2.02. The number of aryl methyl sites for hydroxylation is 1. The fourth-order valence-electron chi connectivity index (χ4n) is 1.99. The summed E-state index contributed by atoms with van der Waals surface area (Å²) in [4.78, 5) is 7.63. The van der Waals surface area contributed by atoms with Crippen molar-refractivity contribution in [3.63, 3.8) is 0 Å². The van der Waals surface area contributed by atoms with Gasteiger partial charge in [0, 0.05) is 18.4 Å². The zero-order chi connectivity index (χ0) is 13.2. The van der Waals surface area contributed by atoms with Crippen LogP contribution in [0.4, 0.5) is 11.6 Å². The van der Waals surface area contributed by atoms with Gasteiger partial charge in [0.15, 0.2) is 0 Å². The van der Waals surface area contributed by atoms with Crippen LogP contribution in [-0.4, -0.2) is 26.3 Å². The van der Waals surface area contributed by atoms with E-state index >= 15 is 0 Å². The molecule has 4 N–H and O–H groups in total. The van der Waals surface area contributed by atoms with E-state index in [1.807, 2.05) is 42.2 Å². The maximum Gasteiger partial charge on any atom is 0.201 e. The summed E-state index contributed by atoms with van der Waals surface area (Å²) < 4.78 is 1.91. The highest BCUT2D eigenvalue weighted by Crippen LogP contribution is 2.16. The molecule has 0 saturated heterocycles. The van der Waals surface area contributed by atoms with Crippen molar-refractivity contribution in [2.24, 2.45) is 0 Å². The van der Waals surface area contributed by atoms with Crippen LogP contribution in [0.15, 0.2) is 30.6 Å². The van der Waals surface area contributed by atoms with Gasteiger partial charge >= 0.3 is 0 Å². The van der Waals surface area contributed by atoms with E-state index in [0.29, 0.717) is 0 Å². The van der Waals surface area contributed by atoms with Gasteiger partial charge in [-0.3, -0.25) is 4.68 Å². The molecule has 2 heterocycles. The first-order valence-electron chi connectivity index (χ1n) is 6.19. The van der Waals surface area contributed by atoms with E-state index in [2.05, 4.69) is 20.4 Å². The van der Waals surface area contributed by atoms with Crippen molar-refractivity contribution in [3.05, 3.63) is 36.2 Å². The number of hydrogen-bond acceptors (Lipinski definition) is 4. The first kappa shape index (κ1) is 11.6. The fourth-order valence-corrected chi connectivity index (χ4v) is 1.99. The molecule has 0 amide bonds. The lowest BCUT2D eigenvalue weighted by Crippen LogP contribution is -2.11. The molecule has 6 nitrogen and oxygen atoms in total. The lowest BCUT2D eigenvalue weighted by molar-refractivity contribution is 0.636. The number of hydrogen-bond donors (Lipinski definition) is 3. The van der Waals surface area contributed by atoms with Gasteiger partial charge in [0.05, 0.1) is 23.8 Å². The summed E-state index contributed by atoms with van der Waals surface area (Å²) in [6, 6.07) is 5.63. The van der Waals surface area contributed by atoms with Crippen LogP contribution < -0.4 is 11.1 Å². The first-order valence-corrected chi connectivity index (χ1v) is 6.19. The summed E-state index contributed by atoms with van der Waals surface area (Å²) in [6.45, 7) is 3.59. The third-order valence-electron chi connectivity index (χ3n) is 2.90. The monoisotopic (exact) mass is 256 g/mol. The summed E-state index contributed by atoms with van der Waals surface area (Å²) in [6.07, 6.45) is 3.87. The second-order valence-electron chi connectivity index (χ2n) is 4.57. The fraction of sp³-hybridized carbons (Fsp3) is 0.231. The predicted molar refractivity (Wildman–Crippen MR) is 76.0 cm³/mol. The zero-order valence-corrected chi connectivity index (χ0v) is 10.7. The molecule has 0 fully saturated rings. The van der Waals surface area contributed by atoms with Crippen LogP contribution in [0.3, 0.4) is 0 Å². The van der Waals surface area contributed by atoms with Gasteiger partial charge in [0.1, 0.15) is 0 Å². The minimum atomic E-state index is 0.731. The Morgan fingerprint density at radius 1 is 1.42 bits per heavy atom. The van der Waals surface area contributed by atoms with Gasteiger partial charge in [-0.15, -0.1) is 0 Å². The van der Waals surface area contributed by atoms with E-state index < -0.39 is 0 Å². The van der Waals surface area contributed by atoms with Crippen molar-refractivity contribution in [2.75, 3.05) is 17.6 Å². The molecular weight excluding hydrogens is 240 g/mol. The van der Waals surface area contributed by atoms with Crippen LogP contribution >= 0.6 is 0 Å². The standard InChI is InChI=1S/C13H16N6/c1-9-7-16-19(8-9)5-4-15-13-17-11-3-2-10(14)6-12(11)18-13/h2-3,6-8H,4-5,14H2,1H3,(H2,15,17,18). The first-order chi connectivity index (χ1) is 9.20. The molecule has 0 atom stereocenters. The molecule has 98 valence electrons. The summed E-state index contributed by atoms with van der Waals surface area (Å²) >= 11 is 0. The van der Waals surface area contributed by atoms with Gasteiger partial charge in [-0.2, -0.15) is 5.10 Å². The molecule has 1 aromatic carbocycles. The SMILES string of the molecule is Cc1cnn(CCNc2nc3ccc(N)cc3[nH]2)c1. The number of nitrogens with one attached hydrogen (secondary N) is 2. The van der Waals surface area contributed by atoms with E-state index in [1.165, 1.54) is 5.56 Å². The number of anilines is 2. The number of aromatic amines is 1. The highest BCUT2D eigenvalue weighted by Gasteiger charge is 2.02. The van der Waals surface area contributed by atoms with Gasteiger partial charge in [-0.05, 0) is 30.7 Å². The van der Waals surface area contributed by atoms with Crippen LogP contribution in [0.25, 0.3) is 11.0 Å². The molecule has 0 aliphatic rings. The Hall–Kier alpha value is -2.50. The van der Waals surface area contributed by atoms with Crippen molar-refractivity contribution in [2.45, 2.75) is 13.5 Å². The van der Waals surface area contributed by atoms with Crippen LogP contribution in [0.5, 0.6) is 0 Å². The van der Waals surface area contributed by atoms with Gasteiger partial charge in [-0.25, -0.2) is 4.98 Å². The Bertz CT molecular complexity index is 696. The van der Waals surface area contributed by atoms with Gasteiger partial charge in [0.25, 0.3) is 0 Å². The number of H-pyrrole nitrogens is 1. The number of fused-ring (bicyclic) bond motifs is 1. The molecule has 0 aliphatic carbocycles. The van der Waals surface area contributed by atoms with Gasteiger partial charge in [0.2, 0.25) is 5.95 Å². The maximum atomic E-state index is 5.73. The Morgan fingerprint density at radius 2 is 2.32 bits per heavy atom. The zero-order valence-electron chi connectivity index (χ0n) is 10.7. The second-order valence-corrected chi connectivity index (χ2v) is 4.57. The molecule has 6 heteroatoms. The number of nitrogens with two attached hydrogens (primary N) is 1. The molecule has 0 aliphatic heterocycles. The van der Waals surface area contributed by atoms with Crippen molar-refractivity contribution >= 4 is 22.7 Å². The smallest absolute Gasteiger partial charge is 0.201 e. The average Bonchev–Trinajstić information content (AvgIpc) is 2.95. The van der Waals surface area contributed by atoms with Gasteiger partial charge in [-0.1, -0.05) is 0 Å². The van der Waals surface area contributed by atoms with Gasteiger partial charge < -0.3 is 16.0 Å². The summed E-state index contributed by atoms with van der Waals surface area (Å²) in [5.41, 5.74) is 9.48. The van der Waals surface area contributed by atoms with E-state index in [4.69, 9.17) is 5.73 Å². The van der Waals surface area contributed by atoms with Crippen molar-refractivity contribution in [1.82, 2.24) is 19.7 Å². The van der Waals surface area contributed by atoms with Crippen LogP contribution in [-0.2, 0) is 6.54 Å². The summed E-state index contributed by atoms with van der Waals surface area (Å²) in [7, 11) is 0. The number of nitrogen functional groups attached to an aromatic ring is 1. The predicted octanol–water partition coefficient (Wildman–Crippen LogP) is 1.76. The third kappa shape index (κ3) is 2.52. The second kappa shape index (κ2) is 4.64. The normalized spacial score (nSPS) is 11.0. The Kier molecular flexibility index (Phi) is 2.83. The highest BCUT2D eigenvalue weighted by molar-refractivity contribution is 5.80. The number of imidazole rings is 1. The number of aromatic nitrogens is 4. The summed E-state index contributed by atoms with van der Waals surface area (Å²) in [5.74, 6) is 0.754. The lowest BCUT2D eigenvalue weighted by atomic mass is 10.3. The van der Waals surface area contributed by atoms with Crippen LogP contribution in [0, 0.1) is 6.92 Å². The van der Waals surface area contributed by atoms with E-state index in [1.54, 1.807) is 0 Å². The molecular formula is C13H16N6. The molecule has 3 rings (SSSR count). The Morgan fingerprint density at radius 3 is 3.11 bits per heavy atom. The van der Waals surface area contributed by atoms with Crippen molar-refractivity contribution < 1.29 is 0 Å². The molecule has 2 aromatic heterocycles. The minimum Gasteiger partial charge on any atom is -0.399 e. The molecule has 0 radical (unpaired) electrons. The number of rotatable bonds is 4. The maximum absolute atomic E-state index is 5.73. The molecule has 0 saturated carbocycles. The minimum absolute atomic E-state index is 0.731. The Labute approximate surface area is 110 Å². The van der Waals surface area contributed by atoms with Crippen molar-refractivity contribution in [3.8, 4) is 0 Å². The quantitative estimate of drug-likeness (QED) is 0.621. The number of nitrogens with zero attached hydrogens (tertiary/aromatic N) is 3. The topological polar surface area (TPSA) is 84.6 Å². The Balaban J connectivity index is 1.65. The molecule has 3 aromatic rings. The van der Waals surface area contributed by atoms with Crippen molar-refractivity contribution in [1.29, 1.82) is 0 Å². The average molecular weight is 256 g/mol. The molecule has 0 spiro atoms. The van der Waals surface area contributed by atoms with E-state index in [0.717, 1.165) is 35.8 Å². The summed E-state index contributed by atoms with van der Waals surface area (Å²) in [5, 5.41) is 7.47. The number of benzene rings is 1.